The van der Waals surface area contributed by atoms with Crippen molar-refractivity contribution in [2.75, 3.05) is 11.9 Å². The molecule has 1 aromatic heterocycles. The highest BCUT2D eigenvalue weighted by molar-refractivity contribution is 5.56. The van der Waals surface area contributed by atoms with Crippen molar-refractivity contribution < 1.29 is 0 Å². The van der Waals surface area contributed by atoms with Gasteiger partial charge in [0.25, 0.3) is 0 Å². The first-order valence-corrected chi connectivity index (χ1v) is 6.72. The molecule has 18 heavy (non-hydrogen) atoms. The fourth-order valence-corrected chi connectivity index (χ4v) is 2.60. The van der Waals surface area contributed by atoms with E-state index >= 15 is 0 Å². The van der Waals surface area contributed by atoms with Crippen LogP contribution in [0.4, 0.5) is 5.69 Å². The van der Waals surface area contributed by atoms with E-state index in [4.69, 9.17) is 0 Å². The number of nitrogens with one attached hydrogen (secondary N) is 1. The van der Waals surface area contributed by atoms with Crippen LogP contribution in [0.2, 0.25) is 0 Å². The number of hydrogen-bond donors (Lipinski definition) is 1. The van der Waals surface area contributed by atoms with Gasteiger partial charge in [-0.05, 0) is 30.0 Å². The van der Waals surface area contributed by atoms with Crippen LogP contribution in [0.1, 0.15) is 30.3 Å². The Morgan fingerprint density at radius 1 is 1.39 bits per heavy atom. The number of rotatable bonds is 4. The van der Waals surface area contributed by atoms with Crippen LogP contribution in [0.3, 0.4) is 0 Å². The Balaban J connectivity index is 1.81. The third-order valence-electron chi connectivity index (χ3n) is 3.51. The van der Waals surface area contributed by atoms with Crippen molar-refractivity contribution in [3.8, 4) is 0 Å². The van der Waals surface area contributed by atoms with Crippen LogP contribution < -0.4 is 5.32 Å². The molecule has 3 heteroatoms. The lowest BCUT2D eigenvalue weighted by Gasteiger charge is -2.07. The molecular formula is C15H19N3. The van der Waals surface area contributed by atoms with Gasteiger partial charge in [-0.1, -0.05) is 19.1 Å². The summed E-state index contributed by atoms with van der Waals surface area (Å²) in [6.45, 7) is 4.33. The first-order valence-electron chi connectivity index (χ1n) is 6.72. The number of fused-ring (bicyclic) bond motifs is 1. The lowest BCUT2D eigenvalue weighted by molar-refractivity contribution is 0.647. The van der Waals surface area contributed by atoms with Crippen molar-refractivity contribution in [2.45, 2.75) is 32.7 Å². The highest BCUT2D eigenvalue weighted by Gasteiger charge is 2.11. The van der Waals surface area contributed by atoms with Crippen LogP contribution in [0.25, 0.3) is 0 Å². The van der Waals surface area contributed by atoms with Crippen LogP contribution in [-0.4, -0.2) is 16.1 Å². The largest absolute Gasteiger partial charge is 0.384 e. The molecule has 0 unspecified atom stereocenters. The lowest BCUT2D eigenvalue weighted by atomic mass is 10.1. The summed E-state index contributed by atoms with van der Waals surface area (Å²) in [6, 6.07) is 6.73. The van der Waals surface area contributed by atoms with E-state index in [2.05, 4.69) is 46.2 Å². The third kappa shape index (κ3) is 2.13. The Morgan fingerprint density at radius 3 is 3.22 bits per heavy atom. The normalized spacial score (nSPS) is 13.4. The Morgan fingerprint density at radius 2 is 2.33 bits per heavy atom. The lowest BCUT2D eigenvalue weighted by Crippen LogP contribution is -2.03. The van der Waals surface area contributed by atoms with Gasteiger partial charge in [0, 0.05) is 37.6 Å². The van der Waals surface area contributed by atoms with Gasteiger partial charge in [0.15, 0.2) is 0 Å². The number of aromatic nitrogens is 2. The van der Waals surface area contributed by atoms with E-state index in [1.807, 2.05) is 6.20 Å². The highest BCUT2D eigenvalue weighted by Crippen LogP contribution is 2.24. The monoisotopic (exact) mass is 241 g/mol. The van der Waals surface area contributed by atoms with Crippen LogP contribution >= 0.6 is 0 Å². The van der Waals surface area contributed by atoms with E-state index in [-0.39, 0.29) is 0 Å². The van der Waals surface area contributed by atoms with Crippen LogP contribution in [0.15, 0.2) is 30.6 Å². The molecule has 0 atom stereocenters. The minimum Gasteiger partial charge on any atom is -0.384 e. The maximum Gasteiger partial charge on any atom is 0.113 e. The molecule has 0 spiro atoms. The number of imidazole rings is 1. The molecule has 0 radical (unpaired) electrons. The SMILES string of the molecule is CCCn1ccnc1Cc1ccc2c(c1)CCN2. The molecule has 0 amide bonds. The molecule has 0 saturated carbocycles. The molecule has 2 aromatic rings. The van der Waals surface area contributed by atoms with Gasteiger partial charge in [0.05, 0.1) is 0 Å². The fraction of sp³-hybridized carbons (Fsp3) is 0.400. The van der Waals surface area contributed by atoms with Crippen molar-refractivity contribution in [3.05, 3.63) is 47.5 Å². The predicted octanol–water partition coefficient (Wildman–Crippen LogP) is 2.85. The predicted molar refractivity (Wildman–Crippen MR) is 74.0 cm³/mol. The van der Waals surface area contributed by atoms with Crippen molar-refractivity contribution >= 4 is 5.69 Å². The molecule has 0 bridgehead atoms. The Bertz CT molecular complexity index is 542. The van der Waals surface area contributed by atoms with Gasteiger partial charge < -0.3 is 9.88 Å². The zero-order valence-electron chi connectivity index (χ0n) is 10.8. The summed E-state index contributed by atoms with van der Waals surface area (Å²) >= 11 is 0. The summed E-state index contributed by atoms with van der Waals surface area (Å²) in [6.07, 6.45) is 7.21. The summed E-state index contributed by atoms with van der Waals surface area (Å²) in [5.74, 6) is 1.17. The molecule has 3 nitrogen and oxygen atoms in total. The van der Waals surface area contributed by atoms with Gasteiger partial charge >= 0.3 is 0 Å². The minimum absolute atomic E-state index is 0.931. The van der Waals surface area contributed by atoms with E-state index in [9.17, 15) is 0 Å². The number of anilines is 1. The van der Waals surface area contributed by atoms with Crippen LogP contribution in [0, 0.1) is 0 Å². The summed E-state index contributed by atoms with van der Waals surface area (Å²) < 4.78 is 2.26. The molecule has 0 fully saturated rings. The van der Waals surface area contributed by atoms with E-state index in [1.54, 1.807) is 0 Å². The first-order chi connectivity index (χ1) is 8.86. The quantitative estimate of drug-likeness (QED) is 0.892. The number of nitrogens with zero attached hydrogens (tertiary/aromatic N) is 2. The number of hydrogen-bond acceptors (Lipinski definition) is 2. The van der Waals surface area contributed by atoms with Crippen molar-refractivity contribution in [3.63, 3.8) is 0 Å². The second kappa shape index (κ2) is 4.84. The highest BCUT2D eigenvalue weighted by atomic mass is 15.1. The van der Waals surface area contributed by atoms with Crippen molar-refractivity contribution in [2.24, 2.45) is 0 Å². The van der Waals surface area contributed by atoms with Gasteiger partial charge in [-0.15, -0.1) is 0 Å². The maximum atomic E-state index is 4.47. The first kappa shape index (κ1) is 11.3. The van der Waals surface area contributed by atoms with Gasteiger partial charge in [-0.2, -0.15) is 0 Å². The molecule has 2 heterocycles. The summed E-state index contributed by atoms with van der Waals surface area (Å²) in [4.78, 5) is 4.47. The molecule has 0 aliphatic carbocycles. The fourth-order valence-electron chi connectivity index (χ4n) is 2.60. The van der Waals surface area contributed by atoms with Crippen molar-refractivity contribution in [1.29, 1.82) is 0 Å². The molecule has 1 N–H and O–H groups in total. The van der Waals surface area contributed by atoms with E-state index < -0.39 is 0 Å². The Hall–Kier alpha value is -1.77. The Kier molecular flexibility index (Phi) is 3.05. The van der Waals surface area contributed by atoms with E-state index in [0.29, 0.717) is 0 Å². The molecular weight excluding hydrogens is 222 g/mol. The second-order valence-electron chi connectivity index (χ2n) is 4.88. The maximum absolute atomic E-state index is 4.47. The molecule has 1 aliphatic heterocycles. The zero-order valence-corrected chi connectivity index (χ0v) is 10.8. The summed E-state index contributed by atoms with van der Waals surface area (Å²) in [7, 11) is 0. The topological polar surface area (TPSA) is 29.9 Å². The Labute approximate surface area is 108 Å². The molecule has 0 saturated heterocycles. The smallest absolute Gasteiger partial charge is 0.113 e. The zero-order chi connectivity index (χ0) is 12.4. The van der Waals surface area contributed by atoms with E-state index in [0.717, 1.165) is 32.4 Å². The standard InChI is InChI=1S/C15H19N3/c1-2-8-18-9-7-17-15(18)11-12-3-4-14-13(10-12)5-6-16-14/h3-4,7,9-10,16H,2,5-6,8,11H2,1H3. The van der Waals surface area contributed by atoms with Crippen LogP contribution in [0.5, 0.6) is 0 Å². The van der Waals surface area contributed by atoms with Crippen LogP contribution in [-0.2, 0) is 19.4 Å². The summed E-state index contributed by atoms with van der Waals surface area (Å²) in [5.41, 5.74) is 4.11. The van der Waals surface area contributed by atoms with Gasteiger partial charge in [0.1, 0.15) is 5.82 Å². The average Bonchev–Trinajstić information content (AvgIpc) is 2.99. The summed E-state index contributed by atoms with van der Waals surface area (Å²) in [5, 5.41) is 3.40. The van der Waals surface area contributed by atoms with Gasteiger partial charge in [-0.25, -0.2) is 4.98 Å². The molecule has 94 valence electrons. The molecule has 3 rings (SSSR count). The average molecular weight is 241 g/mol. The van der Waals surface area contributed by atoms with E-state index in [1.165, 1.54) is 22.6 Å². The number of aryl methyl sites for hydroxylation is 1. The minimum atomic E-state index is 0.931. The van der Waals surface area contributed by atoms with Gasteiger partial charge in [0.2, 0.25) is 0 Å². The van der Waals surface area contributed by atoms with Crippen molar-refractivity contribution in [1.82, 2.24) is 9.55 Å². The second-order valence-corrected chi connectivity index (χ2v) is 4.88. The molecule has 1 aromatic carbocycles. The molecule has 1 aliphatic rings. The number of benzene rings is 1. The third-order valence-corrected chi connectivity index (χ3v) is 3.51. The van der Waals surface area contributed by atoms with Gasteiger partial charge in [-0.3, -0.25) is 0 Å².